The Balaban J connectivity index is 2.21. The minimum Gasteiger partial charge on any atom is -0.487 e. The molecule has 0 saturated heterocycles. The third-order valence-corrected chi connectivity index (χ3v) is 1.52. The summed E-state index contributed by atoms with van der Waals surface area (Å²) >= 11 is 0. The van der Waals surface area contributed by atoms with E-state index in [9.17, 15) is 0 Å². The van der Waals surface area contributed by atoms with Crippen LogP contribution in [0.1, 0.15) is 0 Å². The molecule has 0 aliphatic rings. The molecule has 1 aromatic rings. The second-order valence-corrected chi connectivity index (χ2v) is 2.57. The number of rotatable bonds is 6. The average molecular weight is 198 g/mol. The summed E-state index contributed by atoms with van der Waals surface area (Å²) in [5.74, 6) is 0.926. The summed E-state index contributed by atoms with van der Waals surface area (Å²) in [7, 11) is 0. The van der Waals surface area contributed by atoms with E-state index >= 15 is 0 Å². The lowest BCUT2D eigenvalue weighted by Gasteiger charge is -2.07. The van der Waals surface area contributed by atoms with Crippen molar-refractivity contribution in [3.63, 3.8) is 0 Å². The molecule has 0 radical (unpaired) electrons. The van der Waals surface area contributed by atoms with Crippen LogP contribution in [-0.4, -0.2) is 36.5 Å². The predicted octanol–water partition coefficient (Wildman–Crippen LogP) is 0.0515. The molecule has 0 bridgehead atoms. The topological polar surface area (TPSA) is 77.6 Å². The first-order valence-corrected chi connectivity index (χ1v) is 4.36. The molecular formula is C9H14N2O3. The fourth-order valence-corrected chi connectivity index (χ4v) is 0.902. The molecule has 0 aliphatic heterocycles. The van der Waals surface area contributed by atoms with Crippen LogP contribution in [0.4, 0.5) is 5.82 Å². The third kappa shape index (κ3) is 3.59. The molecule has 1 heterocycles. The number of aliphatic hydroxyl groups is 1. The lowest BCUT2D eigenvalue weighted by Crippen LogP contribution is -2.10. The third-order valence-electron chi connectivity index (χ3n) is 1.52. The first-order valence-electron chi connectivity index (χ1n) is 4.36. The van der Waals surface area contributed by atoms with Crippen molar-refractivity contribution in [3.8, 4) is 5.75 Å². The molecule has 5 heteroatoms. The van der Waals surface area contributed by atoms with E-state index in [4.69, 9.17) is 20.3 Å². The van der Waals surface area contributed by atoms with Crippen LogP contribution in [0.15, 0.2) is 18.3 Å². The summed E-state index contributed by atoms with van der Waals surface area (Å²) in [4.78, 5) is 3.87. The van der Waals surface area contributed by atoms with Gasteiger partial charge in [0.25, 0.3) is 0 Å². The maximum Gasteiger partial charge on any atom is 0.166 e. The highest BCUT2D eigenvalue weighted by atomic mass is 16.5. The van der Waals surface area contributed by atoms with Crippen LogP contribution in [-0.2, 0) is 4.74 Å². The SMILES string of the molecule is Nc1ncccc1OCCOCCO. The van der Waals surface area contributed by atoms with E-state index in [1.165, 1.54) is 0 Å². The van der Waals surface area contributed by atoms with E-state index in [0.717, 1.165) is 0 Å². The number of aliphatic hydroxyl groups excluding tert-OH is 1. The second kappa shape index (κ2) is 6.17. The van der Waals surface area contributed by atoms with Crippen molar-refractivity contribution in [2.75, 3.05) is 32.2 Å². The molecule has 14 heavy (non-hydrogen) atoms. The Morgan fingerprint density at radius 1 is 1.36 bits per heavy atom. The van der Waals surface area contributed by atoms with Gasteiger partial charge in [0.15, 0.2) is 11.6 Å². The van der Waals surface area contributed by atoms with Gasteiger partial charge in [-0.1, -0.05) is 0 Å². The lowest BCUT2D eigenvalue weighted by molar-refractivity contribution is 0.0706. The number of anilines is 1. The smallest absolute Gasteiger partial charge is 0.166 e. The van der Waals surface area contributed by atoms with Crippen LogP contribution in [0.3, 0.4) is 0 Å². The van der Waals surface area contributed by atoms with Gasteiger partial charge in [0.1, 0.15) is 6.61 Å². The van der Waals surface area contributed by atoms with Crippen molar-refractivity contribution in [1.29, 1.82) is 0 Å². The van der Waals surface area contributed by atoms with E-state index in [2.05, 4.69) is 4.98 Å². The number of hydrogen-bond acceptors (Lipinski definition) is 5. The Morgan fingerprint density at radius 2 is 2.21 bits per heavy atom. The van der Waals surface area contributed by atoms with Crippen LogP contribution in [0.5, 0.6) is 5.75 Å². The fourth-order valence-electron chi connectivity index (χ4n) is 0.902. The maximum atomic E-state index is 8.43. The first kappa shape index (κ1) is 10.7. The van der Waals surface area contributed by atoms with E-state index in [1.54, 1.807) is 18.3 Å². The minimum absolute atomic E-state index is 0.0228. The van der Waals surface area contributed by atoms with Crippen molar-refractivity contribution in [2.24, 2.45) is 0 Å². The van der Waals surface area contributed by atoms with Crippen molar-refractivity contribution in [3.05, 3.63) is 18.3 Å². The number of nitrogens with zero attached hydrogens (tertiary/aromatic N) is 1. The molecule has 0 aliphatic carbocycles. The molecule has 0 spiro atoms. The van der Waals surface area contributed by atoms with E-state index < -0.39 is 0 Å². The van der Waals surface area contributed by atoms with Gasteiger partial charge in [-0.05, 0) is 12.1 Å². The van der Waals surface area contributed by atoms with E-state index in [1.807, 2.05) is 0 Å². The molecular weight excluding hydrogens is 184 g/mol. The van der Waals surface area contributed by atoms with Crippen LogP contribution in [0.25, 0.3) is 0 Å². The summed E-state index contributed by atoms with van der Waals surface area (Å²) in [6.45, 7) is 1.17. The van der Waals surface area contributed by atoms with E-state index in [-0.39, 0.29) is 6.61 Å². The van der Waals surface area contributed by atoms with Gasteiger partial charge in [0, 0.05) is 6.20 Å². The highest BCUT2D eigenvalue weighted by Crippen LogP contribution is 2.16. The number of pyridine rings is 1. The molecule has 1 rings (SSSR count). The number of aromatic nitrogens is 1. The second-order valence-electron chi connectivity index (χ2n) is 2.57. The van der Waals surface area contributed by atoms with Crippen molar-refractivity contribution in [1.82, 2.24) is 4.98 Å². The van der Waals surface area contributed by atoms with Gasteiger partial charge in [-0.25, -0.2) is 4.98 Å². The van der Waals surface area contributed by atoms with Crippen LogP contribution >= 0.6 is 0 Å². The van der Waals surface area contributed by atoms with E-state index in [0.29, 0.717) is 31.4 Å². The summed E-state index contributed by atoms with van der Waals surface area (Å²) < 4.78 is 10.3. The summed E-state index contributed by atoms with van der Waals surface area (Å²) in [5.41, 5.74) is 5.54. The van der Waals surface area contributed by atoms with Crippen LogP contribution in [0.2, 0.25) is 0 Å². The fraction of sp³-hybridized carbons (Fsp3) is 0.444. The van der Waals surface area contributed by atoms with Crippen molar-refractivity contribution < 1.29 is 14.6 Å². The monoisotopic (exact) mass is 198 g/mol. The molecule has 0 fully saturated rings. The zero-order valence-electron chi connectivity index (χ0n) is 7.85. The first-order chi connectivity index (χ1) is 6.84. The standard InChI is InChI=1S/C9H14N2O3/c10-9-8(2-1-3-11-9)14-7-6-13-5-4-12/h1-3,12H,4-7H2,(H2,10,11). The Bertz CT molecular complexity index is 268. The number of hydrogen-bond donors (Lipinski definition) is 2. The Kier molecular flexibility index (Phi) is 4.74. The molecule has 0 saturated carbocycles. The van der Waals surface area contributed by atoms with Crippen LogP contribution in [0, 0.1) is 0 Å². The molecule has 5 nitrogen and oxygen atoms in total. The Morgan fingerprint density at radius 3 is 2.93 bits per heavy atom. The number of ether oxygens (including phenoxy) is 2. The van der Waals surface area contributed by atoms with Crippen molar-refractivity contribution in [2.45, 2.75) is 0 Å². The molecule has 78 valence electrons. The predicted molar refractivity (Wildman–Crippen MR) is 52.0 cm³/mol. The minimum atomic E-state index is 0.0228. The molecule has 1 aromatic heterocycles. The quantitative estimate of drug-likeness (QED) is 0.631. The molecule has 3 N–H and O–H groups in total. The molecule has 0 atom stereocenters. The highest BCUT2D eigenvalue weighted by molar-refractivity contribution is 5.44. The summed E-state index contributed by atoms with van der Waals surface area (Å²) in [6.07, 6.45) is 1.60. The molecule has 0 aromatic carbocycles. The van der Waals surface area contributed by atoms with Crippen LogP contribution < -0.4 is 10.5 Å². The Labute approximate surface area is 82.5 Å². The van der Waals surface area contributed by atoms with Gasteiger partial charge >= 0.3 is 0 Å². The summed E-state index contributed by atoms with van der Waals surface area (Å²) in [5, 5.41) is 8.43. The van der Waals surface area contributed by atoms with Gasteiger partial charge < -0.3 is 20.3 Å². The van der Waals surface area contributed by atoms with Gasteiger partial charge in [-0.2, -0.15) is 0 Å². The number of nitrogen functional groups attached to an aromatic ring is 1. The average Bonchev–Trinajstić information content (AvgIpc) is 2.20. The largest absolute Gasteiger partial charge is 0.487 e. The zero-order valence-corrected chi connectivity index (χ0v) is 7.85. The Hall–Kier alpha value is -1.33. The normalized spacial score (nSPS) is 10.1. The maximum absolute atomic E-state index is 8.43. The highest BCUT2D eigenvalue weighted by Gasteiger charge is 1.98. The van der Waals surface area contributed by atoms with Crippen molar-refractivity contribution >= 4 is 5.82 Å². The molecule has 0 amide bonds. The zero-order chi connectivity index (χ0) is 10.2. The van der Waals surface area contributed by atoms with Gasteiger partial charge in [-0.15, -0.1) is 0 Å². The molecule has 0 unspecified atom stereocenters. The van der Waals surface area contributed by atoms with Gasteiger partial charge in [-0.3, -0.25) is 0 Å². The van der Waals surface area contributed by atoms with Gasteiger partial charge in [0.2, 0.25) is 0 Å². The number of nitrogens with two attached hydrogens (primary N) is 1. The lowest BCUT2D eigenvalue weighted by atomic mass is 10.4. The van der Waals surface area contributed by atoms with Gasteiger partial charge in [0.05, 0.1) is 19.8 Å². The summed E-state index contributed by atoms with van der Waals surface area (Å²) in [6, 6.07) is 3.49.